The largest absolute Gasteiger partial charge is 0.274 e. The summed E-state index contributed by atoms with van der Waals surface area (Å²) in [4.78, 5) is 29.9. The minimum absolute atomic E-state index is 0.150. The van der Waals surface area contributed by atoms with Gasteiger partial charge in [0.2, 0.25) is 11.7 Å². The lowest BCUT2D eigenvalue weighted by atomic mass is 10.1. The van der Waals surface area contributed by atoms with E-state index in [4.69, 9.17) is 0 Å². The molecule has 0 amide bonds. The van der Waals surface area contributed by atoms with Crippen LogP contribution in [0.25, 0.3) is 27.7 Å². The molecule has 0 saturated heterocycles. The minimum atomic E-state index is -0.162. The van der Waals surface area contributed by atoms with Crippen LogP contribution >= 0.6 is 0 Å². The van der Waals surface area contributed by atoms with Gasteiger partial charge < -0.3 is 0 Å². The Bertz CT molecular complexity index is 1230. The average molecular weight is 319 g/mol. The number of carbonyl (C=O) groups is 1. The van der Waals surface area contributed by atoms with Crippen LogP contribution in [0.15, 0.2) is 35.1 Å². The highest BCUT2D eigenvalue weighted by Gasteiger charge is 2.18. The first-order chi connectivity index (χ1) is 11.4. The van der Waals surface area contributed by atoms with Crippen molar-refractivity contribution in [3.05, 3.63) is 57.4 Å². The number of benzene rings is 2. The SMILES string of the molecule is CC(=O)n1c2cc(C)c(C)cc2n2c(=O)c3ccc(C)cc3nc12. The summed E-state index contributed by atoms with van der Waals surface area (Å²) in [5.74, 6) is 0.204. The molecular formula is C19H17N3O2. The molecule has 5 nitrogen and oxygen atoms in total. The number of imidazole rings is 1. The number of rotatable bonds is 0. The number of hydrogen-bond acceptors (Lipinski definition) is 3. The Kier molecular flexibility index (Phi) is 2.91. The molecular weight excluding hydrogens is 302 g/mol. The van der Waals surface area contributed by atoms with Crippen molar-refractivity contribution in [1.82, 2.24) is 14.0 Å². The lowest BCUT2D eigenvalue weighted by Gasteiger charge is -2.03. The predicted molar refractivity (Wildman–Crippen MR) is 95.0 cm³/mol. The summed E-state index contributed by atoms with van der Waals surface area (Å²) >= 11 is 0. The number of fused-ring (bicyclic) bond motifs is 4. The van der Waals surface area contributed by atoms with E-state index in [0.29, 0.717) is 27.7 Å². The summed E-state index contributed by atoms with van der Waals surface area (Å²) < 4.78 is 3.06. The molecule has 0 aliphatic rings. The van der Waals surface area contributed by atoms with Crippen LogP contribution in [0.4, 0.5) is 0 Å². The Morgan fingerprint density at radius 2 is 1.67 bits per heavy atom. The van der Waals surface area contributed by atoms with Crippen LogP contribution in [0, 0.1) is 20.8 Å². The molecule has 24 heavy (non-hydrogen) atoms. The maximum Gasteiger partial charge on any atom is 0.267 e. The molecule has 0 saturated carbocycles. The summed E-state index contributed by atoms with van der Waals surface area (Å²) in [5, 5.41) is 0.555. The lowest BCUT2D eigenvalue weighted by molar-refractivity contribution is 0.0945. The van der Waals surface area contributed by atoms with E-state index in [1.807, 2.05) is 45.0 Å². The van der Waals surface area contributed by atoms with Gasteiger partial charge in [-0.25, -0.2) is 14.0 Å². The van der Waals surface area contributed by atoms with Crippen LogP contribution in [0.2, 0.25) is 0 Å². The molecule has 5 heteroatoms. The van der Waals surface area contributed by atoms with Crippen LogP contribution in [-0.4, -0.2) is 19.9 Å². The van der Waals surface area contributed by atoms with Crippen molar-refractivity contribution in [3.63, 3.8) is 0 Å². The Morgan fingerprint density at radius 3 is 2.33 bits per heavy atom. The zero-order valence-corrected chi connectivity index (χ0v) is 14.0. The molecule has 0 fully saturated rings. The Labute approximate surface area is 138 Å². The first-order valence-electron chi connectivity index (χ1n) is 7.84. The van der Waals surface area contributed by atoms with Crippen LogP contribution in [0.3, 0.4) is 0 Å². The fourth-order valence-corrected chi connectivity index (χ4v) is 3.21. The highest BCUT2D eigenvalue weighted by molar-refractivity contribution is 5.96. The highest BCUT2D eigenvalue weighted by atomic mass is 16.2. The fourth-order valence-electron chi connectivity index (χ4n) is 3.21. The Morgan fingerprint density at radius 1 is 1.00 bits per heavy atom. The number of hydrogen-bond donors (Lipinski definition) is 0. The van der Waals surface area contributed by atoms with Crippen molar-refractivity contribution < 1.29 is 4.79 Å². The molecule has 0 aliphatic carbocycles. The third-order valence-corrected chi connectivity index (χ3v) is 4.59. The van der Waals surface area contributed by atoms with Gasteiger partial charge in [-0.15, -0.1) is 0 Å². The fraction of sp³-hybridized carbons (Fsp3) is 0.211. The summed E-state index contributed by atoms with van der Waals surface area (Å²) in [6.45, 7) is 7.43. The molecule has 0 bridgehead atoms. The van der Waals surface area contributed by atoms with E-state index in [9.17, 15) is 9.59 Å². The summed E-state index contributed by atoms with van der Waals surface area (Å²) in [7, 11) is 0. The maximum absolute atomic E-state index is 13.0. The van der Waals surface area contributed by atoms with Crippen LogP contribution in [-0.2, 0) is 0 Å². The third kappa shape index (κ3) is 1.84. The van der Waals surface area contributed by atoms with Crippen molar-refractivity contribution in [2.75, 3.05) is 0 Å². The second-order valence-electron chi connectivity index (χ2n) is 6.35. The second-order valence-corrected chi connectivity index (χ2v) is 6.35. The van der Waals surface area contributed by atoms with Gasteiger partial charge in [0, 0.05) is 6.92 Å². The molecule has 4 aromatic rings. The quantitative estimate of drug-likeness (QED) is 0.499. The van der Waals surface area contributed by atoms with Crippen LogP contribution in [0.1, 0.15) is 28.4 Å². The molecule has 2 aromatic carbocycles. The smallest absolute Gasteiger partial charge is 0.267 e. The number of nitrogens with zero attached hydrogens (tertiary/aromatic N) is 3. The molecule has 4 rings (SSSR count). The van der Waals surface area contributed by atoms with E-state index < -0.39 is 0 Å². The first kappa shape index (κ1) is 14.6. The van der Waals surface area contributed by atoms with Gasteiger partial charge in [-0.05, 0) is 61.7 Å². The van der Waals surface area contributed by atoms with Crippen LogP contribution < -0.4 is 5.56 Å². The molecule has 0 atom stereocenters. The maximum atomic E-state index is 13.0. The Balaban J connectivity index is 2.37. The molecule has 0 unspecified atom stereocenters. The van der Waals surface area contributed by atoms with Crippen molar-refractivity contribution in [2.45, 2.75) is 27.7 Å². The summed E-state index contributed by atoms with van der Waals surface area (Å²) in [6.07, 6.45) is 0. The van der Waals surface area contributed by atoms with Crippen molar-refractivity contribution in [2.24, 2.45) is 0 Å². The monoisotopic (exact) mass is 319 g/mol. The normalized spacial score (nSPS) is 11.7. The summed E-state index contributed by atoms with van der Waals surface area (Å²) in [5.41, 5.74) is 5.05. The molecule has 2 aromatic heterocycles. The topological polar surface area (TPSA) is 56.4 Å². The van der Waals surface area contributed by atoms with Crippen molar-refractivity contribution in [1.29, 1.82) is 0 Å². The lowest BCUT2D eigenvalue weighted by Crippen LogP contribution is -2.16. The van der Waals surface area contributed by atoms with Gasteiger partial charge in [0.05, 0.1) is 21.9 Å². The predicted octanol–water partition coefficient (Wildman–Crippen LogP) is 3.39. The number of aromatic nitrogens is 3. The molecule has 0 radical (unpaired) electrons. The van der Waals surface area contributed by atoms with Crippen molar-refractivity contribution in [3.8, 4) is 0 Å². The van der Waals surface area contributed by atoms with E-state index in [1.54, 1.807) is 10.5 Å². The van der Waals surface area contributed by atoms with Gasteiger partial charge in [-0.3, -0.25) is 9.59 Å². The highest BCUT2D eigenvalue weighted by Crippen LogP contribution is 2.24. The van der Waals surface area contributed by atoms with Gasteiger partial charge in [-0.2, -0.15) is 0 Å². The average Bonchev–Trinajstić information content (AvgIpc) is 2.81. The van der Waals surface area contributed by atoms with Crippen molar-refractivity contribution >= 4 is 33.6 Å². The first-order valence-corrected chi connectivity index (χ1v) is 7.84. The number of carbonyl (C=O) groups excluding carboxylic acids is 1. The molecule has 0 spiro atoms. The number of aryl methyl sites for hydroxylation is 3. The van der Waals surface area contributed by atoms with Gasteiger partial charge in [0.15, 0.2) is 0 Å². The van der Waals surface area contributed by atoms with Gasteiger partial charge in [0.1, 0.15) is 0 Å². The van der Waals surface area contributed by atoms with Gasteiger partial charge >= 0.3 is 0 Å². The van der Waals surface area contributed by atoms with E-state index in [2.05, 4.69) is 4.98 Å². The molecule has 2 heterocycles. The van der Waals surface area contributed by atoms with Gasteiger partial charge in [-0.1, -0.05) is 6.07 Å². The van der Waals surface area contributed by atoms with Gasteiger partial charge in [0.25, 0.3) is 5.56 Å². The Hall–Kier alpha value is -2.95. The third-order valence-electron chi connectivity index (χ3n) is 4.59. The van der Waals surface area contributed by atoms with E-state index in [0.717, 1.165) is 16.7 Å². The standard InChI is InChI=1S/C19H17N3O2/c1-10-5-6-14-15(7-10)20-19-21(13(4)23)16-8-11(2)12(3)9-17(16)22(19)18(14)24/h5-9H,1-4H3. The zero-order valence-electron chi connectivity index (χ0n) is 14.0. The summed E-state index contributed by atoms with van der Waals surface area (Å²) in [6, 6.07) is 9.45. The van der Waals surface area contributed by atoms with E-state index in [-0.39, 0.29) is 11.5 Å². The zero-order chi connectivity index (χ0) is 17.2. The molecule has 0 N–H and O–H groups in total. The molecule has 0 aliphatic heterocycles. The van der Waals surface area contributed by atoms with E-state index in [1.165, 1.54) is 11.5 Å². The van der Waals surface area contributed by atoms with E-state index >= 15 is 0 Å². The minimum Gasteiger partial charge on any atom is -0.274 e. The second kappa shape index (κ2) is 4.77. The van der Waals surface area contributed by atoms with Crippen LogP contribution in [0.5, 0.6) is 0 Å². The molecule has 120 valence electrons.